The van der Waals surface area contributed by atoms with E-state index in [2.05, 4.69) is 29.0 Å². The zero-order valence-electron chi connectivity index (χ0n) is 10.1. The first-order chi connectivity index (χ1) is 8.24. The molecule has 2 heterocycles. The Bertz CT molecular complexity index is 477. The summed E-state index contributed by atoms with van der Waals surface area (Å²) in [4.78, 5) is 4.13. The molecule has 0 radical (unpaired) electrons. The highest BCUT2D eigenvalue weighted by atomic mass is 35.5. The molecule has 0 fully saturated rings. The van der Waals surface area contributed by atoms with Crippen molar-refractivity contribution in [1.82, 2.24) is 15.2 Å². The van der Waals surface area contributed by atoms with Gasteiger partial charge in [0, 0.05) is 35.1 Å². The summed E-state index contributed by atoms with van der Waals surface area (Å²) in [7, 11) is 0. The first-order valence-corrected chi connectivity index (χ1v) is 6.31. The molecule has 0 atom stereocenters. The van der Waals surface area contributed by atoms with Crippen LogP contribution >= 0.6 is 11.6 Å². The maximum Gasteiger partial charge on any atom is 0.0971 e. The van der Waals surface area contributed by atoms with E-state index in [-0.39, 0.29) is 0 Å². The van der Waals surface area contributed by atoms with Crippen LogP contribution < -0.4 is 0 Å². The number of H-pyrrole nitrogens is 1. The van der Waals surface area contributed by atoms with Gasteiger partial charge < -0.3 is 0 Å². The Morgan fingerprint density at radius 3 is 2.82 bits per heavy atom. The highest BCUT2D eigenvalue weighted by Crippen LogP contribution is 2.27. The van der Waals surface area contributed by atoms with Crippen molar-refractivity contribution in [3.8, 4) is 11.3 Å². The Morgan fingerprint density at radius 2 is 2.24 bits per heavy atom. The third-order valence-electron chi connectivity index (χ3n) is 2.76. The fourth-order valence-electron chi connectivity index (χ4n) is 1.95. The van der Waals surface area contributed by atoms with Crippen LogP contribution in [0.1, 0.15) is 31.0 Å². The molecule has 0 aliphatic carbocycles. The quantitative estimate of drug-likeness (QED) is 0.844. The van der Waals surface area contributed by atoms with Crippen LogP contribution in [-0.2, 0) is 6.42 Å². The highest BCUT2D eigenvalue weighted by Gasteiger charge is 2.16. The van der Waals surface area contributed by atoms with E-state index in [1.54, 1.807) is 6.20 Å². The van der Waals surface area contributed by atoms with Crippen molar-refractivity contribution in [1.29, 1.82) is 0 Å². The SMILES string of the molecule is CC(C)c1[nH]nc(-c2cccnc2)c1CCCl. The van der Waals surface area contributed by atoms with Crippen LogP contribution in [0.3, 0.4) is 0 Å². The lowest BCUT2D eigenvalue weighted by Gasteiger charge is -2.06. The number of nitrogens with one attached hydrogen (secondary N) is 1. The fraction of sp³-hybridized carbons (Fsp3) is 0.385. The molecule has 4 heteroatoms. The van der Waals surface area contributed by atoms with Gasteiger partial charge in [0.1, 0.15) is 0 Å². The van der Waals surface area contributed by atoms with E-state index in [1.807, 2.05) is 18.3 Å². The Labute approximate surface area is 106 Å². The van der Waals surface area contributed by atoms with Crippen LogP contribution in [-0.4, -0.2) is 21.1 Å². The van der Waals surface area contributed by atoms with Crippen LogP contribution in [0.2, 0.25) is 0 Å². The van der Waals surface area contributed by atoms with Crippen molar-refractivity contribution in [3.63, 3.8) is 0 Å². The summed E-state index contributed by atoms with van der Waals surface area (Å²) in [5, 5.41) is 7.52. The lowest BCUT2D eigenvalue weighted by atomic mass is 9.99. The molecular formula is C13H16ClN3. The van der Waals surface area contributed by atoms with Crippen molar-refractivity contribution in [3.05, 3.63) is 35.8 Å². The molecule has 17 heavy (non-hydrogen) atoms. The standard InChI is InChI=1S/C13H16ClN3/c1-9(2)12-11(5-6-14)13(17-16-12)10-4-3-7-15-8-10/h3-4,7-9H,5-6H2,1-2H3,(H,16,17). The fourth-order valence-corrected chi connectivity index (χ4v) is 2.13. The van der Waals surface area contributed by atoms with Gasteiger partial charge in [-0.2, -0.15) is 5.10 Å². The van der Waals surface area contributed by atoms with Gasteiger partial charge in [-0.15, -0.1) is 11.6 Å². The second-order valence-electron chi connectivity index (χ2n) is 4.30. The molecule has 2 rings (SSSR count). The van der Waals surface area contributed by atoms with Crippen LogP contribution in [0.25, 0.3) is 11.3 Å². The number of halogens is 1. The summed E-state index contributed by atoms with van der Waals surface area (Å²) < 4.78 is 0. The van der Waals surface area contributed by atoms with E-state index in [0.29, 0.717) is 11.8 Å². The molecule has 90 valence electrons. The largest absolute Gasteiger partial charge is 0.281 e. The molecule has 0 saturated heterocycles. The number of alkyl halides is 1. The van der Waals surface area contributed by atoms with Crippen LogP contribution in [0, 0.1) is 0 Å². The molecule has 0 amide bonds. The third kappa shape index (κ3) is 2.50. The Balaban J connectivity index is 2.47. The summed E-state index contributed by atoms with van der Waals surface area (Å²) >= 11 is 5.87. The van der Waals surface area contributed by atoms with Gasteiger partial charge in [-0.05, 0) is 24.5 Å². The minimum atomic E-state index is 0.422. The number of nitrogens with zero attached hydrogens (tertiary/aromatic N) is 2. The van der Waals surface area contributed by atoms with Crippen molar-refractivity contribution in [2.24, 2.45) is 0 Å². The van der Waals surface area contributed by atoms with Crippen molar-refractivity contribution in [2.45, 2.75) is 26.2 Å². The van der Waals surface area contributed by atoms with Gasteiger partial charge in [0.25, 0.3) is 0 Å². The van der Waals surface area contributed by atoms with E-state index in [1.165, 1.54) is 11.3 Å². The second kappa shape index (κ2) is 5.32. The van der Waals surface area contributed by atoms with E-state index < -0.39 is 0 Å². The Morgan fingerprint density at radius 1 is 1.41 bits per heavy atom. The second-order valence-corrected chi connectivity index (χ2v) is 4.68. The first-order valence-electron chi connectivity index (χ1n) is 5.77. The third-order valence-corrected chi connectivity index (χ3v) is 2.94. The molecule has 1 N–H and O–H groups in total. The van der Waals surface area contributed by atoms with Crippen LogP contribution in [0.4, 0.5) is 0 Å². The number of hydrogen-bond donors (Lipinski definition) is 1. The zero-order chi connectivity index (χ0) is 12.3. The number of rotatable bonds is 4. The van der Waals surface area contributed by atoms with Gasteiger partial charge in [0.05, 0.1) is 5.69 Å². The predicted molar refractivity (Wildman–Crippen MR) is 70.3 cm³/mol. The molecule has 0 aliphatic rings. The summed E-state index contributed by atoms with van der Waals surface area (Å²) in [6.45, 7) is 4.30. The lowest BCUT2D eigenvalue weighted by Crippen LogP contribution is -1.96. The summed E-state index contributed by atoms with van der Waals surface area (Å²) in [5.41, 5.74) is 4.39. The predicted octanol–water partition coefficient (Wildman–Crippen LogP) is 3.38. The van der Waals surface area contributed by atoms with E-state index in [0.717, 1.165) is 17.7 Å². The average Bonchev–Trinajstić information content (AvgIpc) is 2.75. The van der Waals surface area contributed by atoms with E-state index >= 15 is 0 Å². The number of aromatic nitrogens is 3. The van der Waals surface area contributed by atoms with Crippen molar-refractivity contribution < 1.29 is 0 Å². The van der Waals surface area contributed by atoms with E-state index in [9.17, 15) is 0 Å². The van der Waals surface area contributed by atoms with Crippen molar-refractivity contribution >= 4 is 11.6 Å². The van der Waals surface area contributed by atoms with Gasteiger partial charge >= 0.3 is 0 Å². The number of aromatic amines is 1. The van der Waals surface area contributed by atoms with Gasteiger partial charge in [0.15, 0.2) is 0 Å². The molecule has 0 saturated carbocycles. The summed E-state index contributed by atoms with van der Waals surface area (Å²) in [6, 6.07) is 3.94. The molecule has 3 nitrogen and oxygen atoms in total. The maximum atomic E-state index is 5.87. The molecule has 2 aromatic rings. The molecule has 0 unspecified atom stereocenters. The zero-order valence-corrected chi connectivity index (χ0v) is 10.8. The Hall–Kier alpha value is -1.35. The molecule has 0 aliphatic heterocycles. The van der Waals surface area contributed by atoms with Gasteiger partial charge in [-0.3, -0.25) is 10.1 Å². The van der Waals surface area contributed by atoms with Gasteiger partial charge in [0.2, 0.25) is 0 Å². The van der Waals surface area contributed by atoms with E-state index in [4.69, 9.17) is 11.6 Å². The Kier molecular flexibility index (Phi) is 3.79. The molecule has 0 bridgehead atoms. The molecule has 0 spiro atoms. The summed E-state index contributed by atoms with van der Waals surface area (Å²) in [6.07, 6.45) is 4.43. The number of hydrogen-bond acceptors (Lipinski definition) is 2. The molecule has 2 aromatic heterocycles. The monoisotopic (exact) mass is 249 g/mol. The summed E-state index contributed by atoms with van der Waals surface area (Å²) in [5.74, 6) is 1.03. The minimum absolute atomic E-state index is 0.422. The average molecular weight is 250 g/mol. The highest BCUT2D eigenvalue weighted by molar-refractivity contribution is 6.18. The topological polar surface area (TPSA) is 41.6 Å². The molecular weight excluding hydrogens is 234 g/mol. The smallest absolute Gasteiger partial charge is 0.0971 e. The molecule has 0 aromatic carbocycles. The van der Waals surface area contributed by atoms with Gasteiger partial charge in [-0.25, -0.2) is 0 Å². The van der Waals surface area contributed by atoms with Crippen LogP contribution in [0.5, 0.6) is 0 Å². The maximum absolute atomic E-state index is 5.87. The van der Waals surface area contributed by atoms with Gasteiger partial charge in [-0.1, -0.05) is 13.8 Å². The van der Waals surface area contributed by atoms with Crippen LogP contribution in [0.15, 0.2) is 24.5 Å². The first kappa shape index (κ1) is 12.1. The minimum Gasteiger partial charge on any atom is -0.281 e. The normalized spacial score (nSPS) is 11.1. The number of pyridine rings is 1. The lowest BCUT2D eigenvalue weighted by molar-refractivity contribution is 0.797. The van der Waals surface area contributed by atoms with Crippen molar-refractivity contribution in [2.75, 3.05) is 5.88 Å².